The van der Waals surface area contributed by atoms with Crippen LogP contribution in [0.1, 0.15) is 60.8 Å². The van der Waals surface area contributed by atoms with Crippen LogP contribution in [0.25, 0.3) is 0 Å². The van der Waals surface area contributed by atoms with Gasteiger partial charge in [-0.15, -0.1) is 0 Å². The normalized spacial score (nSPS) is 17.5. The van der Waals surface area contributed by atoms with Crippen molar-refractivity contribution in [1.82, 2.24) is 0 Å². The second-order valence-electron chi connectivity index (χ2n) is 8.34. The molecule has 0 bridgehead atoms. The fourth-order valence-corrected chi connectivity index (χ4v) is 3.55. The Labute approximate surface area is 181 Å². The van der Waals surface area contributed by atoms with E-state index in [0.717, 1.165) is 17.2 Å². The zero-order valence-electron chi connectivity index (χ0n) is 18.1. The molecular weight excluding hydrogens is 396 g/mol. The zero-order valence-corrected chi connectivity index (χ0v) is 18.1. The molecule has 4 N–H and O–H groups in total. The summed E-state index contributed by atoms with van der Waals surface area (Å²) < 4.78 is 5.86. The van der Waals surface area contributed by atoms with Crippen molar-refractivity contribution in [3.05, 3.63) is 69.8 Å². The molecule has 2 aromatic rings. The van der Waals surface area contributed by atoms with E-state index in [-0.39, 0.29) is 22.8 Å². The van der Waals surface area contributed by atoms with Crippen LogP contribution in [0, 0.1) is 0 Å². The first kappa shape index (κ1) is 22.4. The quantitative estimate of drug-likeness (QED) is 0.527. The summed E-state index contributed by atoms with van der Waals surface area (Å²) in [5, 5.41) is 41.3. The summed E-state index contributed by atoms with van der Waals surface area (Å²) >= 11 is 0. The Balaban J connectivity index is 2.10. The third-order valence-corrected chi connectivity index (χ3v) is 5.20. The first-order valence-corrected chi connectivity index (χ1v) is 10.1. The number of aromatic hydroxyl groups is 3. The lowest BCUT2D eigenvalue weighted by Gasteiger charge is -2.31. The molecule has 1 heterocycles. The lowest BCUT2D eigenvalue weighted by atomic mass is 9.89. The van der Waals surface area contributed by atoms with Gasteiger partial charge in [0.1, 0.15) is 28.6 Å². The van der Waals surface area contributed by atoms with Crippen LogP contribution in [0.2, 0.25) is 0 Å². The number of fused-ring (bicyclic) bond motifs is 1. The number of aliphatic hydroxyl groups is 1. The number of rotatable bonds is 5. The summed E-state index contributed by atoms with van der Waals surface area (Å²) in [4.78, 5) is 12.8. The minimum atomic E-state index is -1.54. The molecule has 0 fully saturated rings. The van der Waals surface area contributed by atoms with E-state index < -0.39 is 23.7 Å². The molecule has 6 heteroatoms. The molecule has 2 atom stereocenters. The summed E-state index contributed by atoms with van der Waals surface area (Å²) in [5.41, 5.74) is 3.88. The highest BCUT2D eigenvalue weighted by molar-refractivity contribution is 6.05. The maximum atomic E-state index is 12.8. The van der Waals surface area contributed by atoms with E-state index in [9.17, 15) is 25.2 Å². The van der Waals surface area contributed by atoms with Crippen LogP contribution in [0.5, 0.6) is 23.0 Å². The highest BCUT2D eigenvalue weighted by atomic mass is 16.5. The molecule has 0 aliphatic carbocycles. The zero-order chi connectivity index (χ0) is 22.9. The monoisotopic (exact) mass is 424 g/mol. The second kappa shape index (κ2) is 8.86. The van der Waals surface area contributed by atoms with Crippen LogP contribution in [0.4, 0.5) is 0 Å². The molecule has 164 valence electrons. The molecule has 0 aromatic heterocycles. The topological polar surface area (TPSA) is 107 Å². The molecular formula is C25H28O6. The van der Waals surface area contributed by atoms with Crippen molar-refractivity contribution in [2.45, 2.75) is 52.7 Å². The lowest BCUT2D eigenvalue weighted by Crippen LogP contribution is -2.36. The Morgan fingerprint density at radius 3 is 2.00 bits per heavy atom. The number of aliphatic hydroxyl groups excluding tert-OH is 1. The highest BCUT2D eigenvalue weighted by Gasteiger charge is 2.39. The van der Waals surface area contributed by atoms with Gasteiger partial charge in [0.15, 0.2) is 12.2 Å². The Hall–Kier alpha value is -3.25. The minimum absolute atomic E-state index is 0.00238. The van der Waals surface area contributed by atoms with Gasteiger partial charge in [0, 0.05) is 12.1 Å². The van der Waals surface area contributed by atoms with Crippen molar-refractivity contribution >= 4 is 5.78 Å². The summed E-state index contributed by atoms with van der Waals surface area (Å²) in [7, 11) is 0. The molecule has 3 rings (SSSR count). The predicted molar refractivity (Wildman–Crippen MR) is 118 cm³/mol. The Morgan fingerprint density at radius 2 is 1.48 bits per heavy atom. The summed E-state index contributed by atoms with van der Waals surface area (Å²) in [6.07, 6.45) is 2.35. The number of ketones is 1. The van der Waals surface area contributed by atoms with Crippen molar-refractivity contribution in [2.75, 3.05) is 0 Å². The number of hydrogen-bond acceptors (Lipinski definition) is 6. The molecule has 1 aliphatic heterocycles. The number of allylic oxidation sites excluding steroid dienone is 4. The second-order valence-corrected chi connectivity index (χ2v) is 8.34. The first-order valence-electron chi connectivity index (χ1n) is 10.1. The number of carbonyl (C=O) groups excluding carboxylic acids is 1. The van der Waals surface area contributed by atoms with Gasteiger partial charge in [-0.2, -0.15) is 0 Å². The van der Waals surface area contributed by atoms with Gasteiger partial charge in [0.05, 0.1) is 0 Å². The Kier molecular flexibility index (Phi) is 6.41. The summed E-state index contributed by atoms with van der Waals surface area (Å²) in [6.45, 7) is 7.86. The van der Waals surface area contributed by atoms with Gasteiger partial charge in [-0.1, -0.05) is 23.3 Å². The largest absolute Gasteiger partial charge is 0.508 e. The lowest BCUT2D eigenvalue weighted by molar-refractivity contribution is 0.0210. The number of carbonyl (C=O) groups is 1. The maximum Gasteiger partial charge on any atom is 0.202 e. The van der Waals surface area contributed by atoms with E-state index in [1.807, 2.05) is 39.8 Å². The van der Waals surface area contributed by atoms with Crippen molar-refractivity contribution in [3.63, 3.8) is 0 Å². The van der Waals surface area contributed by atoms with Crippen LogP contribution in [-0.2, 0) is 12.8 Å². The van der Waals surface area contributed by atoms with E-state index in [4.69, 9.17) is 4.74 Å². The molecule has 6 nitrogen and oxygen atoms in total. The van der Waals surface area contributed by atoms with Gasteiger partial charge < -0.3 is 25.2 Å². The fourth-order valence-electron chi connectivity index (χ4n) is 3.55. The van der Waals surface area contributed by atoms with E-state index in [0.29, 0.717) is 29.5 Å². The van der Waals surface area contributed by atoms with Crippen LogP contribution in [0.15, 0.2) is 47.6 Å². The number of benzene rings is 2. The average molecular weight is 424 g/mol. The number of Topliss-reactive ketones (excluding diaryl/α,β-unsaturated/α-hetero) is 1. The minimum Gasteiger partial charge on any atom is -0.508 e. The molecule has 0 unspecified atom stereocenters. The Bertz CT molecular complexity index is 1030. The number of phenols is 3. The molecule has 0 saturated carbocycles. The van der Waals surface area contributed by atoms with E-state index in [2.05, 4.69) is 0 Å². The smallest absolute Gasteiger partial charge is 0.202 e. The van der Waals surface area contributed by atoms with Gasteiger partial charge >= 0.3 is 0 Å². The summed E-state index contributed by atoms with van der Waals surface area (Å²) in [5.74, 6) is -1.21. The highest BCUT2D eigenvalue weighted by Crippen LogP contribution is 2.42. The molecule has 0 saturated heterocycles. The molecule has 0 spiro atoms. The van der Waals surface area contributed by atoms with Gasteiger partial charge in [0.2, 0.25) is 5.78 Å². The van der Waals surface area contributed by atoms with E-state index in [1.165, 1.54) is 6.07 Å². The molecule has 1 aliphatic rings. The third-order valence-electron chi connectivity index (χ3n) is 5.20. The van der Waals surface area contributed by atoms with E-state index in [1.54, 1.807) is 12.1 Å². The fraction of sp³-hybridized carbons (Fsp3) is 0.320. The average Bonchev–Trinajstić information content (AvgIpc) is 2.68. The van der Waals surface area contributed by atoms with Crippen molar-refractivity contribution < 1.29 is 30.0 Å². The van der Waals surface area contributed by atoms with Crippen molar-refractivity contribution in [2.24, 2.45) is 0 Å². The SMILES string of the molecule is CC(C)=CCc1cc([C@H]2Oc3cc(O)cc(O)c3C(=O)[C@@H]2O)cc(CC=C(C)C)c1O. The number of hydrogen-bond donors (Lipinski definition) is 4. The van der Waals surface area contributed by atoms with Crippen molar-refractivity contribution in [3.8, 4) is 23.0 Å². The van der Waals surface area contributed by atoms with Crippen LogP contribution < -0.4 is 4.74 Å². The molecule has 0 radical (unpaired) electrons. The predicted octanol–water partition coefficient (Wildman–Crippen LogP) is 4.50. The van der Waals surface area contributed by atoms with Gasteiger partial charge in [-0.3, -0.25) is 4.79 Å². The van der Waals surface area contributed by atoms with Crippen LogP contribution >= 0.6 is 0 Å². The number of ether oxygens (including phenoxy) is 1. The summed E-state index contributed by atoms with van der Waals surface area (Å²) in [6, 6.07) is 5.70. The standard InChI is InChI=1S/C25H28O6/c1-13(2)5-7-15-9-17(10-16(22(15)28)8-6-14(3)4)25-24(30)23(29)21-19(27)11-18(26)12-20(21)31-25/h5-6,9-12,24-28,30H,7-8H2,1-4H3/t24-,25+/m0/s1. The number of phenolic OH excluding ortho intramolecular Hbond substituents is 3. The van der Waals surface area contributed by atoms with Crippen molar-refractivity contribution in [1.29, 1.82) is 0 Å². The molecule has 0 amide bonds. The molecule has 31 heavy (non-hydrogen) atoms. The first-order chi connectivity index (χ1) is 14.6. The van der Waals surface area contributed by atoms with Gasteiger partial charge in [0.25, 0.3) is 0 Å². The van der Waals surface area contributed by atoms with E-state index >= 15 is 0 Å². The maximum absolute atomic E-state index is 12.8. The van der Waals surface area contributed by atoms with Gasteiger partial charge in [-0.05, 0) is 69.4 Å². The van der Waals surface area contributed by atoms with Crippen LogP contribution in [0.3, 0.4) is 0 Å². The molecule has 2 aromatic carbocycles. The Morgan fingerprint density at radius 1 is 0.935 bits per heavy atom. The van der Waals surface area contributed by atoms with Gasteiger partial charge in [-0.25, -0.2) is 0 Å². The van der Waals surface area contributed by atoms with Crippen LogP contribution in [-0.4, -0.2) is 32.3 Å². The third kappa shape index (κ3) is 4.75.